The summed E-state index contributed by atoms with van der Waals surface area (Å²) in [6, 6.07) is 4.91. The standard InChI is InChI=1S/C21H23N3O5/c1-13-6-7-17-22-14(10-18(25)24(17)11-13)12-29-19(26)8-9-23-20(27)15-4-2-3-5-16(15)21(23)28/h6-7,10-11,15-16H,2-5,8-9,12H2,1H3/t15-,16+. The van der Waals surface area contributed by atoms with Crippen LogP contribution in [0.2, 0.25) is 0 Å². The number of hydrogen-bond acceptors (Lipinski definition) is 6. The van der Waals surface area contributed by atoms with E-state index in [1.807, 2.05) is 13.0 Å². The van der Waals surface area contributed by atoms with Crippen LogP contribution in [0.5, 0.6) is 0 Å². The molecule has 2 amide bonds. The first-order chi connectivity index (χ1) is 13.9. The molecular weight excluding hydrogens is 374 g/mol. The molecule has 0 bridgehead atoms. The summed E-state index contributed by atoms with van der Waals surface area (Å²) < 4.78 is 6.64. The van der Waals surface area contributed by atoms with Gasteiger partial charge in [-0.25, -0.2) is 4.98 Å². The van der Waals surface area contributed by atoms with Crippen molar-refractivity contribution in [3.8, 4) is 0 Å². The van der Waals surface area contributed by atoms with E-state index in [2.05, 4.69) is 4.98 Å². The molecule has 1 aliphatic carbocycles. The van der Waals surface area contributed by atoms with E-state index in [1.165, 1.54) is 15.4 Å². The molecule has 8 nitrogen and oxygen atoms in total. The van der Waals surface area contributed by atoms with Gasteiger partial charge in [-0.3, -0.25) is 28.5 Å². The molecule has 0 aromatic carbocycles. The van der Waals surface area contributed by atoms with Crippen molar-refractivity contribution in [1.29, 1.82) is 0 Å². The molecule has 1 saturated heterocycles. The van der Waals surface area contributed by atoms with Gasteiger partial charge in [-0.05, 0) is 31.4 Å². The predicted molar refractivity (Wildman–Crippen MR) is 103 cm³/mol. The smallest absolute Gasteiger partial charge is 0.307 e. The number of rotatable bonds is 5. The van der Waals surface area contributed by atoms with Crippen molar-refractivity contribution in [3.63, 3.8) is 0 Å². The zero-order valence-electron chi connectivity index (χ0n) is 16.3. The number of nitrogens with zero attached hydrogens (tertiary/aromatic N) is 3. The maximum absolute atomic E-state index is 12.4. The summed E-state index contributed by atoms with van der Waals surface area (Å²) in [6.45, 7) is 1.79. The Labute approximate surface area is 167 Å². The lowest BCUT2D eigenvalue weighted by Gasteiger charge is -2.19. The number of aromatic nitrogens is 2. The second-order valence-corrected chi connectivity index (χ2v) is 7.76. The largest absolute Gasteiger partial charge is 0.459 e. The highest BCUT2D eigenvalue weighted by Crippen LogP contribution is 2.37. The topological polar surface area (TPSA) is 98.0 Å². The molecule has 0 unspecified atom stereocenters. The number of amides is 2. The molecule has 1 aliphatic heterocycles. The Morgan fingerprint density at radius 1 is 1.14 bits per heavy atom. The Bertz CT molecular complexity index is 1020. The average Bonchev–Trinajstić information content (AvgIpc) is 2.96. The summed E-state index contributed by atoms with van der Waals surface area (Å²) in [5.41, 5.74) is 1.52. The summed E-state index contributed by atoms with van der Waals surface area (Å²) in [5.74, 6) is -1.29. The zero-order valence-corrected chi connectivity index (χ0v) is 16.3. The number of pyridine rings is 1. The Morgan fingerprint density at radius 3 is 2.52 bits per heavy atom. The van der Waals surface area contributed by atoms with Crippen LogP contribution < -0.4 is 5.56 Å². The highest BCUT2D eigenvalue weighted by molar-refractivity contribution is 6.05. The number of likely N-dealkylation sites (tertiary alicyclic amines) is 1. The van der Waals surface area contributed by atoms with Crippen molar-refractivity contribution >= 4 is 23.4 Å². The SMILES string of the molecule is Cc1ccc2nc(COC(=O)CCN3C(=O)[C@H]4CCCC[C@H]4C3=O)cc(=O)n2c1. The van der Waals surface area contributed by atoms with Crippen molar-refractivity contribution in [2.24, 2.45) is 11.8 Å². The first kappa shape index (κ1) is 19.3. The van der Waals surface area contributed by atoms with Gasteiger partial charge in [-0.2, -0.15) is 0 Å². The molecule has 3 heterocycles. The van der Waals surface area contributed by atoms with Gasteiger partial charge in [0.2, 0.25) is 11.8 Å². The zero-order chi connectivity index (χ0) is 20.5. The monoisotopic (exact) mass is 397 g/mol. The number of aryl methyl sites for hydroxylation is 1. The molecular formula is C21H23N3O5. The molecule has 0 spiro atoms. The minimum atomic E-state index is -0.536. The van der Waals surface area contributed by atoms with E-state index in [9.17, 15) is 19.2 Å². The lowest BCUT2D eigenvalue weighted by atomic mass is 9.81. The normalized spacial score (nSPS) is 21.5. The van der Waals surface area contributed by atoms with Crippen molar-refractivity contribution in [2.45, 2.75) is 45.6 Å². The molecule has 2 aliphatic rings. The van der Waals surface area contributed by atoms with Crippen LogP contribution in [0.4, 0.5) is 0 Å². The van der Waals surface area contributed by atoms with E-state index in [-0.39, 0.29) is 48.8 Å². The van der Waals surface area contributed by atoms with Crippen LogP contribution in [0.15, 0.2) is 29.2 Å². The van der Waals surface area contributed by atoms with E-state index in [1.54, 1.807) is 12.3 Å². The minimum Gasteiger partial charge on any atom is -0.459 e. The molecule has 2 atom stereocenters. The van der Waals surface area contributed by atoms with Gasteiger partial charge in [0, 0.05) is 18.8 Å². The number of ether oxygens (including phenoxy) is 1. The lowest BCUT2D eigenvalue weighted by Crippen LogP contribution is -2.33. The molecule has 2 aromatic heterocycles. The summed E-state index contributed by atoms with van der Waals surface area (Å²) in [7, 11) is 0. The summed E-state index contributed by atoms with van der Waals surface area (Å²) in [5, 5.41) is 0. The van der Waals surface area contributed by atoms with Crippen LogP contribution in [0, 0.1) is 18.8 Å². The molecule has 0 radical (unpaired) electrons. The van der Waals surface area contributed by atoms with E-state index in [0.717, 1.165) is 31.2 Å². The molecule has 2 aromatic rings. The molecule has 0 N–H and O–H groups in total. The highest BCUT2D eigenvalue weighted by Gasteiger charge is 2.47. The Morgan fingerprint density at radius 2 is 1.83 bits per heavy atom. The van der Waals surface area contributed by atoms with Crippen LogP contribution in [-0.2, 0) is 25.7 Å². The second-order valence-electron chi connectivity index (χ2n) is 7.76. The van der Waals surface area contributed by atoms with Crippen molar-refractivity contribution in [2.75, 3.05) is 6.54 Å². The number of imide groups is 1. The number of carbonyl (C=O) groups is 3. The van der Waals surface area contributed by atoms with Crippen LogP contribution in [0.25, 0.3) is 5.65 Å². The summed E-state index contributed by atoms with van der Waals surface area (Å²) in [4.78, 5) is 54.7. The van der Waals surface area contributed by atoms with Gasteiger partial charge in [0.15, 0.2) is 0 Å². The third kappa shape index (κ3) is 3.79. The van der Waals surface area contributed by atoms with Crippen LogP contribution in [-0.4, -0.2) is 38.6 Å². The molecule has 29 heavy (non-hydrogen) atoms. The van der Waals surface area contributed by atoms with Gasteiger partial charge in [0.25, 0.3) is 5.56 Å². The van der Waals surface area contributed by atoms with Gasteiger partial charge in [-0.1, -0.05) is 18.9 Å². The molecule has 4 rings (SSSR count). The third-order valence-electron chi connectivity index (χ3n) is 5.71. The second kappa shape index (κ2) is 7.77. The lowest BCUT2D eigenvalue weighted by molar-refractivity contribution is -0.146. The Hall–Kier alpha value is -3.03. The quantitative estimate of drug-likeness (QED) is 0.562. The molecule has 2 fully saturated rings. The van der Waals surface area contributed by atoms with Gasteiger partial charge in [0.05, 0.1) is 24.0 Å². The summed E-state index contributed by atoms with van der Waals surface area (Å²) in [6.07, 6.45) is 5.06. The van der Waals surface area contributed by atoms with Gasteiger partial charge < -0.3 is 4.74 Å². The molecule has 8 heteroatoms. The Balaban J connectivity index is 1.34. The fourth-order valence-electron chi connectivity index (χ4n) is 4.21. The Kier molecular flexibility index (Phi) is 5.17. The van der Waals surface area contributed by atoms with Gasteiger partial charge in [-0.15, -0.1) is 0 Å². The first-order valence-electron chi connectivity index (χ1n) is 9.94. The minimum absolute atomic E-state index is 0.0383. The average molecular weight is 397 g/mol. The predicted octanol–water partition coefficient (Wildman–Crippen LogP) is 1.61. The van der Waals surface area contributed by atoms with Gasteiger partial charge in [0.1, 0.15) is 12.3 Å². The first-order valence-corrected chi connectivity index (χ1v) is 9.94. The van der Waals surface area contributed by atoms with E-state index in [0.29, 0.717) is 11.3 Å². The van der Waals surface area contributed by atoms with Crippen LogP contribution in [0.1, 0.15) is 43.4 Å². The molecule has 1 saturated carbocycles. The van der Waals surface area contributed by atoms with Crippen molar-refractivity contribution < 1.29 is 19.1 Å². The summed E-state index contributed by atoms with van der Waals surface area (Å²) >= 11 is 0. The van der Waals surface area contributed by atoms with E-state index in [4.69, 9.17) is 4.74 Å². The number of carbonyl (C=O) groups excluding carboxylic acids is 3. The highest BCUT2D eigenvalue weighted by atomic mass is 16.5. The maximum Gasteiger partial charge on any atom is 0.307 e. The van der Waals surface area contributed by atoms with Crippen LogP contribution >= 0.6 is 0 Å². The maximum atomic E-state index is 12.4. The number of fused-ring (bicyclic) bond motifs is 2. The van der Waals surface area contributed by atoms with Crippen molar-refractivity contribution in [1.82, 2.24) is 14.3 Å². The van der Waals surface area contributed by atoms with Gasteiger partial charge >= 0.3 is 5.97 Å². The van der Waals surface area contributed by atoms with E-state index >= 15 is 0 Å². The van der Waals surface area contributed by atoms with Crippen molar-refractivity contribution in [3.05, 3.63) is 46.0 Å². The fourth-order valence-corrected chi connectivity index (χ4v) is 4.21. The van der Waals surface area contributed by atoms with Crippen LogP contribution in [0.3, 0.4) is 0 Å². The number of hydrogen-bond donors (Lipinski definition) is 0. The molecule has 152 valence electrons. The third-order valence-corrected chi connectivity index (χ3v) is 5.71. The van der Waals surface area contributed by atoms with E-state index < -0.39 is 5.97 Å². The number of esters is 1. The fraction of sp³-hybridized carbons (Fsp3) is 0.476.